The summed E-state index contributed by atoms with van der Waals surface area (Å²) in [5, 5.41) is 8.99. The first-order valence-electron chi connectivity index (χ1n) is 9.71. The van der Waals surface area contributed by atoms with Gasteiger partial charge in [0.2, 0.25) is 0 Å². The van der Waals surface area contributed by atoms with E-state index in [4.69, 9.17) is 5.11 Å². The second kappa shape index (κ2) is 13.9. The maximum atomic E-state index is 12.0. The van der Waals surface area contributed by atoms with Crippen LogP contribution in [0.15, 0.2) is 36.4 Å². The second-order valence-corrected chi connectivity index (χ2v) is 12.3. The van der Waals surface area contributed by atoms with E-state index in [-0.39, 0.29) is 13.2 Å². The molecule has 0 aliphatic heterocycles. The monoisotopic (exact) mass is 674 g/mol. The SMILES string of the molecule is C.Cc1cc(C)cc(O)c1.Cc1cc(C)cc(OS(=O)(=O)C(F)(F)F)c1.O=S(=O)(OS(=O)(=O)C(F)(F)F)C(F)(F)F. The molecule has 0 aliphatic carbocycles. The van der Waals surface area contributed by atoms with Gasteiger partial charge in [-0.15, -0.1) is 3.63 Å². The first-order valence-corrected chi connectivity index (χ1v) is 13.9. The highest BCUT2D eigenvalue weighted by Crippen LogP contribution is 2.32. The predicted octanol–water partition coefficient (Wildman–Crippen LogP) is 5.88. The third kappa shape index (κ3) is 13.2. The molecule has 0 spiro atoms. The molecule has 2 aromatic rings. The van der Waals surface area contributed by atoms with E-state index in [0.717, 1.165) is 11.1 Å². The molecule has 9 nitrogen and oxygen atoms in total. The number of halogens is 9. The van der Waals surface area contributed by atoms with E-state index in [0.29, 0.717) is 16.9 Å². The van der Waals surface area contributed by atoms with Crippen molar-refractivity contribution in [2.75, 3.05) is 0 Å². The Bertz CT molecular complexity index is 1380. The van der Waals surface area contributed by atoms with Gasteiger partial charge in [-0.1, -0.05) is 19.6 Å². The fraction of sp³-hybridized carbons (Fsp3) is 0.400. The van der Waals surface area contributed by atoms with Crippen LogP contribution in [0.3, 0.4) is 0 Å². The number of phenolic OH excluding ortho intramolecular Hbond substituents is 1. The van der Waals surface area contributed by atoms with Crippen LogP contribution in [-0.4, -0.2) is 46.9 Å². The number of rotatable bonds is 4. The quantitative estimate of drug-likeness (QED) is 0.239. The summed E-state index contributed by atoms with van der Waals surface area (Å²) >= 11 is 0. The maximum Gasteiger partial charge on any atom is 0.534 e. The Morgan fingerprint density at radius 3 is 1.05 bits per heavy atom. The highest BCUT2D eigenvalue weighted by Gasteiger charge is 2.57. The maximum absolute atomic E-state index is 12.0. The van der Waals surface area contributed by atoms with Crippen molar-refractivity contribution in [2.24, 2.45) is 0 Å². The molecule has 41 heavy (non-hydrogen) atoms. The third-order valence-corrected chi connectivity index (χ3v) is 7.18. The molecule has 2 rings (SSSR count). The summed E-state index contributed by atoms with van der Waals surface area (Å²) < 4.78 is 171. The number of hydrogen-bond donors (Lipinski definition) is 1. The number of aryl methyl sites for hydroxylation is 4. The van der Waals surface area contributed by atoms with Crippen LogP contribution in [0.2, 0.25) is 0 Å². The van der Waals surface area contributed by atoms with Crippen molar-refractivity contribution in [3.8, 4) is 11.5 Å². The van der Waals surface area contributed by atoms with Crippen LogP contribution in [-0.2, 0) is 34.0 Å². The Hall–Kier alpha value is -2.78. The van der Waals surface area contributed by atoms with Crippen LogP contribution < -0.4 is 4.18 Å². The highest BCUT2D eigenvalue weighted by atomic mass is 32.3. The van der Waals surface area contributed by atoms with Crippen LogP contribution in [0.5, 0.6) is 11.5 Å². The minimum atomic E-state index is -6.85. The van der Waals surface area contributed by atoms with Crippen LogP contribution in [0.4, 0.5) is 39.5 Å². The molecular formula is C20H23F9O9S3. The number of benzene rings is 2. The largest absolute Gasteiger partial charge is 0.534 e. The van der Waals surface area contributed by atoms with E-state index in [2.05, 4.69) is 4.18 Å². The van der Waals surface area contributed by atoms with Crippen LogP contribution in [0.1, 0.15) is 29.7 Å². The Morgan fingerprint density at radius 2 is 0.805 bits per heavy atom. The topological polar surface area (TPSA) is 141 Å². The minimum absolute atomic E-state index is 0. The van der Waals surface area contributed by atoms with Gasteiger partial charge >= 0.3 is 46.9 Å². The van der Waals surface area contributed by atoms with Crippen molar-refractivity contribution in [3.05, 3.63) is 58.7 Å². The molecule has 0 heterocycles. The lowest BCUT2D eigenvalue weighted by molar-refractivity contribution is -0.0586. The molecular weight excluding hydrogens is 651 g/mol. The number of hydrogen-bond acceptors (Lipinski definition) is 9. The molecule has 0 radical (unpaired) electrons. The van der Waals surface area contributed by atoms with E-state index < -0.39 is 46.9 Å². The van der Waals surface area contributed by atoms with Gasteiger partial charge in [-0.05, 0) is 74.2 Å². The number of phenols is 1. The summed E-state index contributed by atoms with van der Waals surface area (Å²) in [6, 6.07) is 9.64. The van der Waals surface area contributed by atoms with Crippen molar-refractivity contribution in [1.29, 1.82) is 0 Å². The molecule has 0 aliphatic rings. The molecule has 0 bridgehead atoms. The van der Waals surface area contributed by atoms with Gasteiger partial charge in [0.15, 0.2) is 0 Å². The smallest absolute Gasteiger partial charge is 0.508 e. The minimum Gasteiger partial charge on any atom is -0.508 e. The van der Waals surface area contributed by atoms with Crippen LogP contribution in [0.25, 0.3) is 0 Å². The predicted molar refractivity (Wildman–Crippen MR) is 127 cm³/mol. The highest BCUT2D eigenvalue weighted by molar-refractivity contribution is 8.00. The number of alkyl halides is 9. The summed E-state index contributed by atoms with van der Waals surface area (Å²) in [6.07, 6.45) is 0. The fourth-order valence-electron chi connectivity index (χ4n) is 2.30. The second-order valence-electron chi connectivity index (χ2n) is 7.52. The van der Waals surface area contributed by atoms with Crippen molar-refractivity contribution in [1.82, 2.24) is 0 Å². The van der Waals surface area contributed by atoms with Crippen molar-refractivity contribution in [2.45, 2.75) is 51.6 Å². The molecule has 0 fully saturated rings. The van der Waals surface area contributed by atoms with Gasteiger partial charge < -0.3 is 9.29 Å². The lowest BCUT2D eigenvalue weighted by Crippen LogP contribution is -2.34. The van der Waals surface area contributed by atoms with Gasteiger partial charge in [0.05, 0.1) is 0 Å². The summed E-state index contributed by atoms with van der Waals surface area (Å²) in [6.45, 7) is 7.18. The molecule has 21 heteroatoms. The number of aromatic hydroxyl groups is 1. The Balaban J connectivity index is 0. The van der Waals surface area contributed by atoms with E-state index in [1.165, 1.54) is 12.1 Å². The molecule has 238 valence electrons. The average Bonchev–Trinajstić information content (AvgIpc) is 2.63. The van der Waals surface area contributed by atoms with Crippen LogP contribution >= 0.6 is 0 Å². The molecule has 0 unspecified atom stereocenters. The summed E-state index contributed by atoms with van der Waals surface area (Å²) in [5.74, 6) is 0.0160. The van der Waals surface area contributed by atoms with Gasteiger partial charge in [0.25, 0.3) is 0 Å². The zero-order chi connectivity index (χ0) is 32.1. The fourth-order valence-corrected chi connectivity index (χ4v) is 4.31. The van der Waals surface area contributed by atoms with E-state index in [1.54, 1.807) is 32.0 Å². The van der Waals surface area contributed by atoms with Gasteiger partial charge in [0.1, 0.15) is 11.5 Å². The van der Waals surface area contributed by atoms with Crippen LogP contribution in [0, 0.1) is 27.7 Å². The molecule has 2 aromatic carbocycles. The standard InChI is InChI=1S/C9H9F3O3S.C8H10O.C2F6O5S2.CH4/c1-6-3-7(2)5-8(4-6)15-16(13,14)9(10,11)12;1-6-3-7(2)5-8(9)4-6;3-1(4,5)14(9,10)13-15(11,12)2(6,7)8;/h3-5H,1-2H3;3-5,9H,1-2H3;;1H4. The van der Waals surface area contributed by atoms with Gasteiger partial charge in [-0.2, -0.15) is 64.8 Å². The molecule has 0 aromatic heterocycles. The lowest BCUT2D eigenvalue weighted by atomic mass is 10.1. The zero-order valence-electron chi connectivity index (χ0n) is 20.3. The molecule has 0 saturated heterocycles. The first kappa shape index (κ1) is 40.4. The molecule has 1 N–H and O–H groups in total. The first-order chi connectivity index (χ1) is 17.5. The third-order valence-electron chi connectivity index (χ3n) is 3.64. The summed E-state index contributed by atoms with van der Waals surface area (Å²) in [7, 11) is -19.3. The van der Waals surface area contributed by atoms with E-state index in [1.807, 2.05) is 23.5 Å². The van der Waals surface area contributed by atoms with Crippen molar-refractivity contribution >= 4 is 30.4 Å². The Kier molecular flexibility index (Phi) is 13.7. The molecule has 0 amide bonds. The van der Waals surface area contributed by atoms with Gasteiger partial charge in [-0.25, -0.2) is 0 Å². The normalized spacial score (nSPS) is 12.6. The van der Waals surface area contributed by atoms with Gasteiger partial charge in [0, 0.05) is 0 Å². The zero-order valence-corrected chi connectivity index (χ0v) is 22.8. The Labute approximate surface area is 229 Å². The van der Waals surface area contributed by atoms with Gasteiger partial charge in [-0.3, -0.25) is 0 Å². The molecule has 0 atom stereocenters. The van der Waals surface area contributed by atoms with E-state index >= 15 is 0 Å². The van der Waals surface area contributed by atoms with E-state index in [9.17, 15) is 64.8 Å². The average molecular weight is 675 g/mol. The summed E-state index contributed by atoms with van der Waals surface area (Å²) in [5.41, 5.74) is -14.5. The Morgan fingerprint density at radius 1 is 0.537 bits per heavy atom. The molecule has 0 saturated carbocycles. The van der Waals surface area contributed by atoms with Crippen molar-refractivity contribution in [3.63, 3.8) is 0 Å². The lowest BCUT2D eigenvalue weighted by Gasteiger charge is -2.10. The van der Waals surface area contributed by atoms with Crippen molar-refractivity contribution < 1.29 is 77.7 Å². The summed E-state index contributed by atoms with van der Waals surface area (Å²) in [4.78, 5) is 0.